The van der Waals surface area contributed by atoms with Crippen molar-refractivity contribution in [3.63, 3.8) is 0 Å². The number of likely N-dealkylation sites (tertiary alicyclic amines) is 1. The molecular weight excluding hydrogens is 565 g/mol. The van der Waals surface area contributed by atoms with E-state index in [0.717, 1.165) is 11.1 Å². The molecule has 1 amide bonds. The molecule has 1 aliphatic rings. The number of aliphatic hydroxyl groups is 1. The number of aliphatic hydroxyl groups excluding tert-OH is 1. The van der Waals surface area contributed by atoms with Gasteiger partial charge in [0.15, 0.2) is 0 Å². The Morgan fingerprint density at radius 3 is 2.33 bits per heavy atom. The average Bonchev–Trinajstić information content (AvgIpc) is 3.41. The predicted molar refractivity (Wildman–Crippen MR) is 188 cm³/mol. The van der Waals surface area contributed by atoms with Crippen LogP contribution >= 0.6 is 0 Å². The van der Waals surface area contributed by atoms with Crippen LogP contribution in [0.1, 0.15) is 92.0 Å². The van der Waals surface area contributed by atoms with Crippen molar-refractivity contribution in [2.75, 3.05) is 20.1 Å². The topological polar surface area (TPSA) is 92.0 Å². The zero-order valence-electron chi connectivity index (χ0n) is 28.1. The molecule has 0 spiro atoms. The second-order valence-corrected chi connectivity index (χ2v) is 9.14. The number of rotatable bonds is 11. The molecule has 0 aromatic heterocycles. The molecule has 2 unspecified atom stereocenters. The van der Waals surface area contributed by atoms with Gasteiger partial charge in [0.05, 0.1) is 29.7 Å². The van der Waals surface area contributed by atoms with Crippen molar-refractivity contribution in [2.45, 2.75) is 87.9 Å². The Balaban J connectivity index is 0. The van der Waals surface area contributed by atoms with E-state index in [0.29, 0.717) is 37.3 Å². The van der Waals surface area contributed by atoms with E-state index in [9.17, 15) is 14.3 Å². The molecule has 45 heavy (non-hydrogen) atoms. The third kappa shape index (κ3) is 13.1. The highest BCUT2D eigenvalue weighted by Gasteiger charge is 2.37. The van der Waals surface area contributed by atoms with Crippen molar-refractivity contribution in [1.29, 1.82) is 5.26 Å². The highest BCUT2D eigenvalue weighted by molar-refractivity contribution is 5.85. The highest BCUT2D eigenvalue weighted by Crippen LogP contribution is 2.33. The van der Waals surface area contributed by atoms with Crippen molar-refractivity contribution < 1.29 is 14.3 Å². The summed E-state index contributed by atoms with van der Waals surface area (Å²) < 4.78 is 14.1. The van der Waals surface area contributed by atoms with E-state index in [1.54, 1.807) is 37.4 Å². The van der Waals surface area contributed by atoms with Gasteiger partial charge in [-0.1, -0.05) is 98.0 Å². The summed E-state index contributed by atoms with van der Waals surface area (Å²) in [6.45, 7) is 20.9. The summed E-state index contributed by atoms with van der Waals surface area (Å²) in [5, 5.41) is 22.2. The summed E-state index contributed by atoms with van der Waals surface area (Å²) in [7, 11) is 1.64. The third-order valence-corrected chi connectivity index (χ3v) is 6.41. The van der Waals surface area contributed by atoms with Crippen LogP contribution in [0.3, 0.4) is 0 Å². The molecular formula is C37H56FN5O2. The van der Waals surface area contributed by atoms with Crippen LogP contribution in [0.2, 0.25) is 0 Å². The second kappa shape index (κ2) is 24.1. The first-order valence-corrected chi connectivity index (χ1v) is 15.5. The summed E-state index contributed by atoms with van der Waals surface area (Å²) in [6, 6.07) is 15.4. The number of nitriles is 1. The standard InChI is InChI=1S/C30H34FN5O2.3C2H6.CH4/c1-5-24(15-22(3)37)29(25-9-7-6-8-10-25)36-14-13-28(30(36)38)34-18-21(2)35(20-33-4)19-23-11-12-26(17-32)27(31)16-23;3*1-2;/h5-12,15-16,20,28-29,34,37H,2,13-14,18-19H2,1,3-4H3;3*1-2H3;1H4/b22-15+,24-5+,33-20?;;;;. The first kappa shape index (κ1) is 42.9. The molecule has 2 N–H and O–H groups in total. The zero-order chi connectivity index (χ0) is 33.7. The Hall–Kier alpha value is -4.22. The lowest BCUT2D eigenvalue weighted by Crippen LogP contribution is -2.42. The molecule has 0 bridgehead atoms. The number of hydrogen-bond acceptors (Lipinski definition) is 5. The number of benzene rings is 2. The molecule has 2 aromatic carbocycles. The number of aliphatic imine (C=N–C) groups is 1. The van der Waals surface area contributed by atoms with Gasteiger partial charge >= 0.3 is 0 Å². The summed E-state index contributed by atoms with van der Waals surface area (Å²) in [6.07, 6.45) is 5.84. The van der Waals surface area contributed by atoms with Crippen LogP contribution in [0, 0.1) is 17.1 Å². The normalized spacial score (nSPS) is 14.8. The summed E-state index contributed by atoms with van der Waals surface area (Å²) in [5.41, 5.74) is 3.14. The lowest BCUT2D eigenvalue weighted by atomic mass is 9.96. The fourth-order valence-electron chi connectivity index (χ4n) is 4.56. The summed E-state index contributed by atoms with van der Waals surface area (Å²) in [4.78, 5) is 21.2. The molecule has 1 saturated heterocycles. The number of nitrogens with one attached hydrogen (secondary N) is 1. The Morgan fingerprint density at radius 1 is 1.20 bits per heavy atom. The van der Waals surface area contributed by atoms with Crippen molar-refractivity contribution in [3.8, 4) is 6.07 Å². The fraction of sp³-hybridized carbons (Fsp3) is 0.432. The van der Waals surface area contributed by atoms with Crippen LogP contribution in [0.5, 0.6) is 0 Å². The van der Waals surface area contributed by atoms with Gasteiger partial charge in [0, 0.05) is 32.4 Å². The van der Waals surface area contributed by atoms with Crippen molar-refractivity contribution >= 4 is 12.2 Å². The van der Waals surface area contributed by atoms with E-state index in [1.807, 2.05) is 95.8 Å². The maximum atomic E-state index is 14.1. The molecule has 2 atom stereocenters. The molecule has 0 saturated carbocycles. The minimum absolute atomic E-state index is 0. The van der Waals surface area contributed by atoms with Crippen LogP contribution in [-0.2, 0) is 11.3 Å². The third-order valence-electron chi connectivity index (χ3n) is 6.41. The number of carbonyl (C=O) groups excluding carboxylic acids is 1. The van der Waals surface area contributed by atoms with Gasteiger partial charge in [-0.05, 0) is 55.2 Å². The number of amides is 1. The lowest BCUT2D eigenvalue weighted by molar-refractivity contribution is -0.130. The SMILES string of the molecule is C.C=C(CNC1CCN(C(C(/C=C(\C)O)=C/C)c2ccccc2)C1=O)N(C=NC)Cc1ccc(C#N)c(F)c1.CC.CC.CC. The highest BCUT2D eigenvalue weighted by atomic mass is 19.1. The molecule has 1 aliphatic heterocycles. The van der Waals surface area contributed by atoms with Crippen LogP contribution in [0.15, 0.2) is 89.3 Å². The van der Waals surface area contributed by atoms with Crippen LogP contribution in [-0.4, -0.2) is 53.3 Å². The van der Waals surface area contributed by atoms with Crippen LogP contribution in [0.4, 0.5) is 4.39 Å². The molecule has 8 heteroatoms. The Morgan fingerprint density at radius 2 is 1.82 bits per heavy atom. The van der Waals surface area contributed by atoms with Gasteiger partial charge in [-0.15, -0.1) is 0 Å². The Kier molecular flexibility index (Phi) is 23.0. The number of allylic oxidation sites excluding steroid dienone is 2. The zero-order valence-corrected chi connectivity index (χ0v) is 28.1. The van der Waals surface area contributed by atoms with Gasteiger partial charge in [-0.25, -0.2) is 4.39 Å². The van der Waals surface area contributed by atoms with Gasteiger partial charge in [0.2, 0.25) is 5.91 Å². The quantitative estimate of drug-likeness (QED) is 0.113. The van der Waals surface area contributed by atoms with E-state index in [4.69, 9.17) is 5.26 Å². The van der Waals surface area contributed by atoms with Gasteiger partial charge in [-0.2, -0.15) is 5.26 Å². The molecule has 0 aliphatic carbocycles. The average molecular weight is 622 g/mol. The Bertz CT molecular complexity index is 1280. The maximum absolute atomic E-state index is 14.1. The molecule has 1 heterocycles. The first-order valence-electron chi connectivity index (χ1n) is 15.5. The van der Waals surface area contributed by atoms with E-state index >= 15 is 0 Å². The van der Waals surface area contributed by atoms with E-state index in [2.05, 4.69) is 16.9 Å². The van der Waals surface area contributed by atoms with Gasteiger partial charge < -0.3 is 20.2 Å². The molecule has 0 radical (unpaired) electrons. The minimum Gasteiger partial charge on any atom is -0.513 e. The van der Waals surface area contributed by atoms with Crippen molar-refractivity contribution in [2.24, 2.45) is 4.99 Å². The largest absolute Gasteiger partial charge is 0.513 e. The molecule has 1 fully saturated rings. The Labute approximate surface area is 272 Å². The predicted octanol–water partition coefficient (Wildman–Crippen LogP) is 8.73. The minimum atomic E-state index is -0.571. The fourth-order valence-corrected chi connectivity index (χ4v) is 4.56. The number of halogens is 1. The van der Waals surface area contributed by atoms with E-state index in [1.165, 1.54) is 12.1 Å². The van der Waals surface area contributed by atoms with Crippen LogP contribution < -0.4 is 5.32 Å². The lowest BCUT2D eigenvalue weighted by Gasteiger charge is -2.30. The van der Waals surface area contributed by atoms with Crippen LogP contribution in [0.25, 0.3) is 0 Å². The van der Waals surface area contributed by atoms with E-state index < -0.39 is 11.9 Å². The first-order chi connectivity index (χ1) is 21.3. The number of hydrogen-bond donors (Lipinski definition) is 2. The number of carbonyl (C=O) groups is 1. The molecule has 248 valence electrons. The second-order valence-electron chi connectivity index (χ2n) is 9.14. The summed E-state index contributed by atoms with van der Waals surface area (Å²) in [5.74, 6) is -0.421. The maximum Gasteiger partial charge on any atom is 0.240 e. The smallest absolute Gasteiger partial charge is 0.240 e. The van der Waals surface area contributed by atoms with Crippen molar-refractivity contribution in [3.05, 3.63) is 107 Å². The van der Waals surface area contributed by atoms with Crippen molar-refractivity contribution in [1.82, 2.24) is 15.1 Å². The van der Waals surface area contributed by atoms with Gasteiger partial charge in [0.1, 0.15) is 11.9 Å². The van der Waals surface area contributed by atoms with Gasteiger partial charge in [0.25, 0.3) is 0 Å². The van der Waals surface area contributed by atoms with E-state index in [-0.39, 0.29) is 30.7 Å². The van der Waals surface area contributed by atoms with Gasteiger partial charge in [-0.3, -0.25) is 9.79 Å². The monoisotopic (exact) mass is 621 g/mol. The molecule has 3 rings (SSSR count). The molecule has 2 aromatic rings. The molecule has 7 nitrogen and oxygen atoms in total. The number of nitrogens with zero attached hydrogens (tertiary/aromatic N) is 4. The summed E-state index contributed by atoms with van der Waals surface area (Å²) >= 11 is 0.